The lowest BCUT2D eigenvalue weighted by Crippen LogP contribution is -2.05. The Balaban J connectivity index is 1.26. The molecule has 342 valence electrons. The molecular weight excluding hydrogens is 907 g/mol. The molecule has 0 atom stereocenters. The largest absolute Gasteiger partial charge is 0.308 e. The van der Waals surface area contributed by atoms with Gasteiger partial charge < -0.3 is 9.13 Å². The molecule has 12 aromatic rings. The average molecular weight is 944 g/mol. The predicted octanol–water partition coefficient (Wildman–Crippen LogP) is 17.0. The number of fused-ring (bicyclic) bond motifs is 6. The standard InChI is InChI=1S/C65H37N9/c1-39-26-40(2)72-65(71-39)57-35-63(73-59-31-47(43-12-6-10-41(27-43)37-66)18-22-53(59)54-23-19-48(32-60(54)73)44-13-7-11-42(28-44)38-67)64(36-58(57)70-5)74-61-33-49(45-14-8-16-51(29-45)68-3)20-24-55(61)56-25-21-50(34-62(56)74)46-15-9-17-52(30-46)69-4/h6-36H,1-2H3. The molecule has 0 amide bonds. The fourth-order valence-electron chi connectivity index (χ4n) is 10.4. The van der Waals surface area contributed by atoms with E-state index in [2.05, 4.69) is 109 Å². The van der Waals surface area contributed by atoms with Crippen LogP contribution in [0.5, 0.6) is 0 Å². The molecule has 0 saturated heterocycles. The number of aromatic nitrogens is 4. The van der Waals surface area contributed by atoms with Crippen molar-refractivity contribution in [3.05, 3.63) is 245 Å². The van der Waals surface area contributed by atoms with E-state index in [0.29, 0.717) is 45.3 Å². The maximum atomic E-state index is 9.97. The van der Waals surface area contributed by atoms with Gasteiger partial charge in [-0.15, -0.1) is 0 Å². The number of aryl methyl sites for hydroxylation is 2. The minimum Gasteiger partial charge on any atom is -0.308 e. The molecule has 0 radical (unpaired) electrons. The molecular formula is C65H37N9. The van der Waals surface area contributed by atoms with E-state index in [-0.39, 0.29) is 0 Å². The lowest BCUT2D eigenvalue weighted by atomic mass is 10.0. The zero-order valence-corrected chi connectivity index (χ0v) is 39.9. The van der Waals surface area contributed by atoms with Crippen molar-refractivity contribution in [1.29, 1.82) is 10.5 Å². The molecule has 12 rings (SSSR count). The van der Waals surface area contributed by atoms with Gasteiger partial charge in [0.1, 0.15) is 5.82 Å². The number of nitriles is 2. The summed E-state index contributed by atoms with van der Waals surface area (Å²) in [5.74, 6) is 0.427. The monoisotopic (exact) mass is 943 g/mol. The van der Waals surface area contributed by atoms with Gasteiger partial charge in [0.2, 0.25) is 0 Å². The molecule has 0 aliphatic rings. The molecule has 0 aliphatic carbocycles. The van der Waals surface area contributed by atoms with Crippen molar-refractivity contribution in [2.24, 2.45) is 0 Å². The smallest absolute Gasteiger partial charge is 0.200 e. The van der Waals surface area contributed by atoms with Crippen LogP contribution in [0.15, 0.2) is 188 Å². The van der Waals surface area contributed by atoms with Gasteiger partial charge in [-0.3, -0.25) is 0 Å². The Morgan fingerprint density at radius 2 is 0.757 bits per heavy atom. The molecule has 0 fully saturated rings. The van der Waals surface area contributed by atoms with E-state index in [9.17, 15) is 10.5 Å². The predicted molar refractivity (Wildman–Crippen MR) is 296 cm³/mol. The fraction of sp³-hybridized carbons (Fsp3) is 0.0308. The molecule has 0 spiro atoms. The van der Waals surface area contributed by atoms with Crippen molar-refractivity contribution in [2.75, 3.05) is 0 Å². The summed E-state index contributed by atoms with van der Waals surface area (Å²) in [5, 5.41) is 23.9. The normalized spacial score (nSPS) is 11.0. The second-order valence-corrected chi connectivity index (χ2v) is 18.3. The summed E-state index contributed by atoms with van der Waals surface area (Å²) in [6, 6.07) is 66.5. The Morgan fingerprint density at radius 1 is 0.392 bits per heavy atom. The van der Waals surface area contributed by atoms with Crippen LogP contribution in [0.25, 0.3) is 125 Å². The quantitative estimate of drug-likeness (QED) is 0.149. The highest BCUT2D eigenvalue weighted by Gasteiger charge is 2.25. The van der Waals surface area contributed by atoms with Gasteiger partial charge in [-0.25, -0.2) is 24.5 Å². The van der Waals surface area contributed by atoms with Crippen LogP contribution >= 0.6 is 0 Å². The lowest BCUT2D eigenvalue weighted by molar-refractivity contribution is 1.06. The highest BCUT2D eigenvalue weighted by atomic mass is 15.1. The first-order chi connectivity index (χ1) is 36.2. The van der Waals surface area contributed by atoms with Gasteiger partial charge in [-0.05, 0) is 137 Å². The van der Waals surface area contributed by atoms with Gasteiger partial charge in [0.15, 0.2) is 17.1 Å². The third-order valence-corrected chi connectivity index (χ3v) is 13.7. The maximum absolute atomic E-state index is 9.97. The van der Waals surface area contributed by atoms with Crippen molar-refractivity contribution in [3.8, 4) is 79.4 Å². The maximum Gasteiger partial charge on any atom is 0.200 e. The van der Waals surface area contributed by atoms with E-state index in [1.807, 2.05) is 105 Å². The minimum absolute atomic E-state index is 0.356. The molecule has 3 heterocycles. The van der Waals surface area contributed by atoms with Crippen LogP contribution in [-0.4, -0.2) is 19.1 Å². The van der Waals surface area contributed by atoms with Crippen LogP contribution in [0.2, 0.25) is 0 Å². The molecule has 0 unspecified atom stereocenters. The Morgan fingerprint density at radius 3 is 1.14 bits per heavy atom. The van der Waals surface area contributed by atoms with Gasteiger partial charge in [-0.2, -0.15) is 10.5 Å². The first kappa shape index (κ1) is 44.3. The Kier molecular flexibility index (Phi) is 10.7. The van der Waals surface area contributed by atoms with Gasteiger partial charge >= 0.3 is 0 Å². The van der Waals surface area contributed by atoms with Crippen LogP contribution in [0.1, 0.15) is 22.5 Å². The molecule has 0 N–H and O–H groups in total. The summed E-state index contributed by atoms with van der Waals surface area (Å²) in [7, 11) is 0. The lowest BCUT2D eigenvalue weighted by Gasteiger charge is -2.20. The third kappa shape index (κ3) is 7.54. The summed E-state index contributed by atoms with van der Waals surface area (Å²) in [4.78, 5) is 21.6. The molecule has 3 aromatic heterocycles. The summed E-state index contributed by atoms with van der Waals surface area (Å²) < 4.78 is 4.50. The van der Waals surface area contributed by atoms with E-state index < -0.39 is 0 Å². The van der Waals surface area contributed by atoms with Crippen LogP contribution in [0, 0.1) is 56.2 Å². The average Bonchev–Trinajstić information content (AvgIpc) is 3.95. The Bertz CT molecular complexity index is 4340. The summed E-state index contributed by atoms with van der Waals surface area (Å²) in [6.45, 7) is 28.3. The highest BCUT2D eigenvalue weighted by molar-refractivity contribution is 6.14. The SMILES string of the molecule is [C-]#[N+]c1cccc(-c2ccc3c4ccc(-c5cccc([N+]#[C-])c5)cc4n(-c4cc([N+]#[C-])c(-c5nc(C)cc(C)n5)cc4-n4c5cc(-c6cccc(C#N)c6)ccc5c5ccc(-c6cccc(C#N)c6)cc54)c3c2)c1. The van der Waals surface area contributed by atoms with Crippen molar-refractivity contribution < 1.29 is 0 Å². The van der Waals surface area contributed by atoms with E-state index in [1.165, 1.54) is 0 Å². The van der Waals surface area contributed by atoms with Gasteiger partial charge in [-0.1, -0.05) is 109 Å². The first-order valence-corrected chi connectivity index (χ1v) is 23.7. The second kappa shape index (κ2) is 17.8. The number of hydrogen-bond donors (Lipinski definition) is 0. The highest BCUT2D eigenvalue weighted by Crippen LogP contribution is 2.45. The van der Waals surface area contributed by atoms with Crippen LogP contribution < -0.4 is 0 Å². The van der Waals surface area contributed by atoms with Crippen molar-refractivity contribution >= 4 is 60.7 Å². The van der Waals surface area contributed by atoms with E-state index in [4.69, 9.17) is 29.7 Å². The van der Waals surface area contributed by atoms with Crippen LogP contribution in [0.4, 0.5) is 17.1 Å². The van der Waals surface area contributed by atoms with Gasteiger partial charge in [0, 0.05) is 38.5 Å². The van der Waals surface area contributed by atoms with Crippen molar-refractivity contribution in [3.63, 3.8) is 0 Å². The Hall–Kier alpha value is -10.9. The molecule has 9 aromatic carbocycles. The van der Waals surface area contributed by atoms with Crippen LogP contribution in [0.3, 0.4) is 0 Å². The molecule has 74 heavy (non-hydrogen) atoms. The second-order valence-electron chi connectivity index (χ2n) is 18.3. The van der Waals surface area contributed by atoms with Crippen molar-refractivity contribution in [1.82, 2.24) is 19.1 Å². The fourth-order valence-corrected chi connectivity index (χ4v) is 10.4. The van der Waals surface area contributed by atoms with E-state index in [0.717, 1.165) is 105 Å². The van der Waals surface area contributed by atoms with Crippen LogP contribution in [-0.2, 0) is 0 Å². The van der Waals surface area contributed by atoms with E-state index >= 15 is 0 Å². The summed E-state index contributed by atoms with van der Waals surface area (Å²) in [6.07, 6.45) is 0. The number of nitrogens with zero attached hydrogens (tertiary/aromatic N) is 9. The number of rotatable bonds is 7. The molecule has 0 saturated carbocycles. The zero-order valence-electron chi connectivity index (χ0n) is 39.9. The zero-order chi connectivity index (χ0) is 50.6. The van der Waals surface area contributed by atoms with Gasteiger partial charge in [0.25, 0.3) is 0 Å². The molecule has 0 aliphatic heterocycles. The first-order valence-electron chi connectivity index (χ1n) is 23.7. The third-order valence-electron chi connectivity index (χ3n) is 13.7. The summed E-state index contributed by atoms with van der Waals surface area (Å²) in [5.41, 5.74) is 16.8. The number of benzene rings is 9. The van der Waals surface area contributed by atoms with Gasteiger partial charge in [0.05, 0.1) is 76.4 Å². The molecule has 0 bridgehead atoms. The topological polar surface area (TPSA) is 96.3 Å². The molecule has 9 nitrogen and oxygen atoms in total. The van der Waals surface area contributed by atoms with Crippen molar-refractivity contribution in [2.45, 2.75) is 13.8 Å². The van der Waals surface area contributed by atoms with E-state index in [1.54, 1.807) is 24.3 Å². The molecule has 9 heteroatoms. The number of hydrogen-bond acceptors (Lipinski definition) is 4. The minimum atomic E-state index is 0.356. The Labute approximate surface area is 426 Å². The summed E-state index contributed by atoms with van der Waals surface area (Å²) >= 11 is 0.